The number of aryl methyl sites for hydroxylation is 1. The summed E-state index contributed by atoms with van der Waals surface area (Å²) in [5.41, 5.74) is 4.24. The summed E-state index contributed by atoms with van der Waals surface area (Å²) < 4.78 is 6.79. The molecule has 0 spiro atoms. The van der Waals surface area contributed by atoms with Crippen LogP contribution in [-0.2, 0) is 22.6 Å². The highest BCUT2D eigenvalue weighted by molar-refractivity contribution is 9.10. The van der Waals surface area contributed by atoms with Gasteiger partial charge in [0.1, 0.15) is 11.8 Å². The molecule has 3 aromatic rings. The van der Waals surface area contributed by atoms with Crippen molar-refractivity contribution in [2.45, 2.75) is 72.0 Å². The van der Waals surface area contributed by atoms with E-state index in [-0.39, 0.29) is 24.5 Å². The summed E-state index contributed by atoms with van der Waals surface area (Å²) in [6.07, 6.45) is 1.21. The summed E-state index contributed by atoms with van der Waals surface area (Å²) in [5, 5.41) is 3.10. The van der Waals surface area contributed by atoms with Crippen molar-refractivity contribution in [2.24, 2.45) is 0 Å². The van der Waals surface area contributed by atoms with Gasteiger partial charge in [-0.1, -0.05) is 87.0 Å². The molecule has 6 heteroatoms. The summed E-state index contributed by atoms with van der Waals surface area (Å²) in [4.78, 5) is 29.0. The minimum atomic E-state index is -0.685. The van der Waals surface area contributed by atoms with Gasteiger partial charge in [0.25, 0.3) is 5.91 Å². The van der Waals surface area contributed by atoms with E-state index in [1.54, 1.807) is 4.90 Å². The fraction of sp³-hybridized carbons (Fsp3) is 0.375. The number of amides is 2. The van der Waals surface area contributed by atoms with Gasteiger partial charge in [-0.05, 0) is 70.9 Å². The monoisotopic (exact) mass is 578 g/mol. The van der Waals surface area contributed by atoms with E-state index in [0.717, 1.165) is 27.6 Å². The van der Waals surface area contributed by atoms with Crippen LogP contribution in [0.25, 0.3) is 0 Å². The Labute approximate surface area is 235 Å². The molecule has 2 atom stereocenters. The number of nitrogens with zero attached hydrogens (tertiary/aromatic N) is 1. The number of nitrogens with one attached hydrogen (secondary N) is 1. The molecule has 202 valence electrons. The van der Waals surface area contributed by atoms with Gasteiger partial charge in [-0.15, -0.1) is 0 Å². The molecule has 0 fully saturated rings. The Bertz CT molecular complexity index is 1210. The van der Waals surface area contributed by atoms with Gasteiger partial charge in [0.2, 0.25) is 5.91 Å². The molecular formula is C32H39BrN2O3. The molecule has 0 heterocycles. The van der Waals surface area contributed by atoms with Gasteiger partial charge in [0, 0.05) is 19.0 Å². The number of hydrogen-bond donors (Lipinski definition) is 1. The zero-order valence-electron chi connectivity index (χ0n) is 23.0. The number of carbonyl (C=O) groups is 2. The minimum Gasteiger partial charge on any atom is -0.483 e. The van der Waals surface area contributed by atoms with Crippen molar-refractivity contribution in [3.05, 3.63) is 99.5 Å². The first-order chi connectivity index (χ1) is 18.2. The van der Waals surface area contributed by atoms with Crippen LogP contribution in [-0.4, -0.2) is 35.4 Å². The maximum Gasteiger partial charge on any atom is 0.261 e. The highest BCUT2D eigenvalue weighted by atomic mass is 79.9. The van der Waals surface area contributed by atoms with Gasteiger partial charge in [-0.25, -0.2) is 0 Å². The predicted octanol–water partition coefficient (Wildman–Crippen LogP) is 6.81. The van der Waals surface area contributed by atoms with Crippen LogP contribution in [0.5, 0.6) is 5.75 Å². The lowest BCUT2D eigenvalue weighted by atomic mass is 10.0. The molecule has 0 radical (unpaired) electrons. The molecule has 0 saturated carbocycles. The zero-order chi connectivity index (χ0) is 27.7. The third-order valence-electron chi connectivity index (χ3n) is 6.68. The quantitative estimate of drug-likeness (QED) is 0.256. The van der Waals surface area contributed by atoms with Gasteiger partial charge in [-0.2, -0.15) is 0 Å². The van der Waals surface area contributed by atoms with Crippen molar-refractivity contribution in [3.63, 3.8) is 0 Å². The minimum absolute atomic E-state index is 0.00312. The van der Waals surface area contributed by atoms with E-state index in [1.165, 1.54) is 5.56 Å². The fourth-order valence-corrected chi connectivity index (χ4v) is 4.73. The second-order valence-corrected chi connectivity index (χ2v) is 11.0. The maximum atomic E-state index is 13.8. The van der Waals surface area contributed by atoms with Crippen LogP contribution in [0.15, 0.2) is 77.3 Å². The molecule has 0 bridgehead atoms. The molecule has 0 aliphatic heterocycles. The molecule has 5 nitrogen and oxygen atoms in total. The topological polar surface area (TPSA) is 58.6 Å². The van der Waals surface area contributed by atoms with Crippen molar-refractivity contribution in [2.75, 3.05) is 6.61 Å². The first-order valence-corrected chi connectivity index (χ1v) is 14.1. The van der Waals surface area contributed by atoms with Gasteiger partial charge < -0.3 is 15.0 Å². The Kier molecular flexibility index (Phi) is 11.0. The molecule has 2 amide bonds. The SMILES string of the molecule is CC[C@@H](C)NC(=O)[C@H](Cc1ccccc1)N(Cc1cccc(C)c1)C(=O)COc1ccc(C(C)C)cc1Br. The Morgan fingerprint density at radius 3 is 2.29 bits per heavy atom. The van der Waals surface area contributed by atoms with Crippen LogP contribution in [0.1, 0.15) is 62.3 Å². The van der Waals surface area contributed by atoms with Crippen LogP contribution >= 0.6 is 15.9 Å². The summed E-state index contributed by atoms with van der Waals surface area (Å²) in [6.45, 7) is 10.4. The number of hydrogen-bond acceptors (Lipinski definition) is 3. The first-order valence-electron chi connectivity index (χ1n) is 13.3. The van der Waals surface area contributed by atoms with Crippen molar-refractivity contribution in [1.82, 2.24) is 10.2 Å². The Balaban J connectivity index is 1.91. The number of rotatable bonds is 12. The van der Waals surface area contributed by atoms with E-state index in [9.17, 15) is 9.59 Å². The largest absolute Gasteiger partial charge is 0.483 e. The van der Waals surface area contributed by atoms with Crippen LogP contribution in [0.2, 0.25) is 0 Å². The van der Waals surface area contributed by atoms with E-state index in [2.05, 4.69) is 41.2 Å². The molecule has 0 aromatic heterocycles. The normalized spacial score (nSPS) is 12.6. The van der Waals surface area contributed by atoms with E-state index in [4.69, 9.17) is 4.74 Å². The van der Waals surface area contributed by atoms with Crippen LogP contribution in [0, 0.1) is 6.92 Å². The van der Waals surface area contributed by atoms with Crippen LogP contribution in [0.4, 0.5) is 0 Å². The Hall–Kier alpha value is -3.12. The number of halogens is 1. The van der Waals surface area contributed by atoms with E-state index >= 15 is 0 Å². The van der Waals surface area contributed by atoms with Crippen molar-refractivity contribution >= 4 is 27.7 Å². The molecule has 38 heavy (non-hydrogen) atoms. The first kappa shape index (κ1) is 29.4. The average molecular weight is 580 g/mol. The second kappa shape index (κ2) is 14.1. The van der Waals surface area contributed by atoms with Gasteiger partial charge in [0.05, 0.1) is 4.47 Å². The van der Waals surface area contributed by atoms with Gasteiger partial charge in [0.15, 0.2) is 6.61 Å². The van der Waals surface area contributed by atoms with Gasteiger partial charge >= 0.3 is 0 Å². The summed E-state index contributed by atoms with van der Waals surface area (Å²) in [5.74, 6) is 0.578. The Morgan fingerprint density at radius 1 is 0.947 bits per heavy atom. The van der Waals surface area contributed by atoms with E-state index in [0.29, 0.717) is 24.6 Å². The van der Waals surface area contributed by atoms with Crippen LogP contribution < -0.4 is 10.1 Å². The van der Waals surface area contributed by atoms with Crippen molar-refractivity contribution in [1.29, 1.82) is 0 Å². The van der Waals surface area contributed by atoms with Gasteiger partial charge in [-0.3, -0.25) is 9.59 Å². The smallest absolute Gasteiger partial charge is 0.261 e. The molecule has 0 aliphatic rings. The van der Waals surface area contributed by atoms with E-state index < -0.39 is 6.04 Å². The Morgan fingerprint density at radius 2 is 1.66 bits per heavy atom. The second-order valence-electron chi connectivity index (χ2n) is 10.2. The highest BCUT2D eigenvalue weighted by Crippen LogP contribution is 2.29. The summed E-state index contributed by atoms with van der Waals surface area (Å²) >= 11 is 3.58. The number of carbonyl (C=O) groups excluding carboxylic acids is 2. The molecular weight excluding hydrogens is 540 g/mol. The zero-order valence-corrected chi connectivity index (χ0v) is 24.6. The molecule has 3 aromatic carbocycles. The lowest BCUT2D eigenvalue weighted by Gasteiger charge is -2.32. The summed E-state index contributed by atoms with van der Waals surface area (Å²) in [7, 11) is 0. The molecule has 0 aliphatic carbocycles. The standard InChI is InChI=1S/C32H39BrN2O3/c1-6-24(5)34-32(37)29(18-25-12-8-7-9-13-25)35(20-26-14-10-11-23(4)17-26)31(36)21-38-30-16-15-27(22(2)3)19-28(30)33/h7-17,19,22,24,29H,6,18,20-21H2,1-5H3,(H,34,37)/t24-,29+/m1/s1. The average Bonchev–Trinajstić information content (AvgIpc) is 2.90. The number of benzene rings is 3. The molecule has 3 rings (SSSR count). The van der Waals surface area contributed by atoms with Crippen LogP contribution in [0.3, 0.4) is 0 Å². The van der Waals surface area contributed by atoms with Crippen molar-refractivity contribution in [3.8, 4) is 5.75 Å². The molecule has 0 saturated heterocycles. The molecule has 0 unspecified atom stereocenters. The fourth-order valence-electron chi connectivity index (χ4n) is 4.22. The van der Waals surface area contributed by atoms with E-state index in [1.807, 2.05) is 87.5 Å². The third-order valence-corrected chi connectivity index (χ3v) is 7.30. The highest BCUT2D eigenvalue weighted by Gasteiger charge is 2.31. The maximum absolute atomic E-state index is 13.8. The predicted molar refractivity (Wildman–Crippen MR) is 157 cm³/mol. The number of ether oxygens (including phenoxy) is 1. The third kappa shape index (κ3) is 8.45. The molecule has 1 N–H and O–H groups in total. The summed E-state index contributed by atoms with van der Waals surface area (Å²) in [6, 6.07) is 23.1. The van der Waals surface area contributed by atoms with Crippen molar-refractivity contribution < 1.29 is 14.3 Å². The lowest BCUT2D eigenvalue weighted by Crippen LogP contribution is -2.53. The lowest BCUT2D eigenvalue weighted by molar-refractivity contribution is -0.143.